The molecule has 0 fully saturated rings. The number of hydrogen-bond donors (Lipinski definition) is 1. The van der Waals surface area contributed by atoms with Gasteiger partial charge in [0, 0.05) is 24.4 Å². The molecule has 2 amide bonds. The van der Waals surface area contributed by atoms with Crippen molar-refractivity contribution in [2.45, 2.75) is 98.3 Å². The number of hydrogen-bond acceptors (Lipinski definition) is 3. The molecule has 34 heavy (non-hydrogen) atoms. The van der Waals surface area contributed by atoms with Crippen LogP contribution in [-0.4, -0.2) is 39.6 Å². The Labute approximate surface area is 206 Å². The quantitative estimate of drug-likeness (QED) is 0.346. The van der Waals surface area contributed by atoms with Crippen LogP contribution in [-0.2, 0) is 15.0 Å². The Morgan fingerprint density at radius 2 is 1.62 bits per heavy atom. The highest BCUT2D eigenvalue weighted by Crippen LogP contribution is 2.26. The van der Waals surface area contributed by atoms with E-state index in [2.05, 4.69) is 39.9 Å². The summed E-state index contributed by atoms with van der Waals surface area (Å²) in [6.07, 6.45) is 7.90. The molecule has 0 radical (unpaired) electrons. The lowest BCUT2D eigenvalue weighted by Gasteiger charge is -2.22. The third-order valence-corrected chi connectivity index (χ3v) is 5.99. The van der Waals surface area contributed by atoms with E-state index >= 15 is 0 Å². The second-order valence-corrected chi connectivity index (χ2v) is 10.3. The first-order valence-corrected chi connectivity index (χ1v) is 12.9. The molecule has 6 nitrogen and oxygen atoms in total. The number of nitrogens with zero attached hydrogens (tertiary/aromatic N) is 3. The van der Waals surface area contributed by atoms with Gasteiger partial charge in [-0.3, -0.25) is 9.59 Å². The SMILES string of the molecule is CCCCCCCC(=O)N(CCCC)CC(=O)Nc1cc(C(C)(C)C)nn1-c1ccc(C)cc1. The maximum Gasteiger partial charge on any atom is 0.245 e. The van der Waals surface area contributed by atoms with E-state index < -0.39 is 0 Å². The fourth-order valence-corrected chi connectivity index (χ4v) is 3.75. The summed E-state index contributed by atoms with van der Waals surface area (Å²) in [4.78, 5) is 27.6. The Morgan fingerprint density at radius 1 is 0.971 bits per heavy atom. The van der Waals surface area contributed by atoms with E-state index in [-0.39, 0.29) is 23.8 Å². The van der Waals surface area contributed by atoms with Crippen molar-refractivity contribution >= 4 is 17.6 Å². The average molecular weight is 469 g/mol. The van der Waals surface area contributed by atoms with Gasteiger partial charge in [0.15, 0.2) is 0 Å². The first-order chi connectivity index (χ1) is 16.2. The zero-order chi connectivity index (χ0) is 25.1. The summed E-state index contributed by atoms with van der Waals surface area (Å²) in [6, 6.07) is 10.00. The highest BCUT2D eigenvalue weighted by molar-refractivity contribution is 5.94. The van der Waals surface area contributed by atoms with Crippen molar-refractivity contribution in [3.63, 3.8) is 0 Å². The zero-order valence-corrected chi connectivity index (χ0v) is 22.1. The van der Waals surface area contributed by atoms with Crippen LogP contribution in [0.3, 0.4) is 0 Å². The molecule has 2 aromatic rings. The van der Waals surface area contributed by atoms with E-state index in [1.54, 1.807) is 9.58 Å². The van der Waals surface area contributed by atoms with Crippen LogP contribution in [0.4, 0.5) is 5.82 Å². The van der Waals surface area contributed by atoms with Crippen LogP contribution in [0.25, 0.3) is 5.69 Å². The predicted octanol–water partition coefficient (Wildman–Crippen LogP) is 6.41. The van der Waals surface area contributed by atoms with Crippen molar-refractivity contribution in [2.24, 2.45) is 0 Å². The van der Waals surface area contributed by atoms with Crippen LogP contribution in [0.5, 0.6) is 0 Å². The van der Waals surface area contributed by atoms with Gasteiger partial charge in [-0.2, -0.15) is 5.10 Å². The third-order valence-electron chi connectivity index (χ3n) is 5.99. The lowest BCUT2D eigenvalue weighted by molar-refractivity contribution is -0.134. The number of amides is 2. The first kappa shape index (κ1) is 27.6. The monoisotopic (exact) mass is 468 g/mol. The van der Waals surface area contributed by atoms with Gasteiger partial charge < -0.3 is 10.2 Å². The van der Waals surface area contributed by atoms with E-state index in [0.717, 1.165) is 42.6 Å². The van der Waals surface area contributed by atoms with Gasteiger partial charge in [-0.1, -0.05) is 84.4 Å². The van der Waals surface area contributed by atoms with E-state index in [1.165, 1.54) is 19.3 Å². The molecule has 0 atom stereocenters. The number of unbranched alkanes of at least 4 members (excludes halogenated alkanes) is 5. The molecule has 0 saturated heterocycles. The fraction of sp³-hybridized carbons (Fsp3) is 0.607. The van der Waals surface area contributed by atoms with Crippen LogP contribution in [0.2, 0.25) is 0 Å². The molecule has 0 aliphatic rings. The molecule has 0 spiro atoms. The van der Waals surface area contributed by atoms with Crippen LogP contribution in [0, 0.1) is 6.92 Å². The van der Waals surface area contributed by atoms with Gasteiger partial charge in [-0.05, 0) is 31.9 Å². The fourth-order valence-electron chi connectivity index (χ4n) is 3.75. The summed E-state index contributed by atoms with van der Waals surface area (Å²) < 4.78 is 1.78. The number of nitrogens with one attached hydrogen (secondary N) is 1. The molecule has 1 N–H and O–H groups in total. The Kier molecular flexibility index (Phi) is 10.8. The first-order valence-electron chi connectivity index (χ1n) is 12.9. The third kappa shape index (κ3) is 8.62. The molecule has 6 heteroatoms. The minimum Gasteiger partial charge on any atom is -0.333 e. The van der Waals surface area contributed by atoms with Crippen molar-refractivity contribution in [1.82, 2.24) is 14.7 Å². The molecule has 0 saturated carbocycles. The van der Waals surface area contributed by atoms with Crippen LogP contribution < -0.4 is 5.32 Å². The highest BCUT2D eigenvalue weighted by atomic mass is 16.2. The maximum absolute atomic E-state index is 13.1. The largest absolute Gasteiger partial charge is 0.333 e. The molecule has 0 aliphatic carbocycles. The molecule has 1 aromatic heterocycles. The number of anilines is 1. The summed E-state index contributed by atoms with van der Waals surface area (Å²) in [7, 11) is 0. The van der Waals surface area contributed by atoms with Gasteiger partial charge in [-0.15, -0.1) is 0 Å². The molecule has 1 heterocycles. The van der Waals surface area contributed by atoms with Gasteiger partial charge in [0.2, 0.25) is 11.8 Å². The van der Waals surface area contributed by atoms with Crippen molar-refractivity contribution in [3.8, 4) is 5.69 Å². The van der Waals surface area contributed by atoms with Gasteiger partial charge in [-0.25, -0.2) is 4.68 Å². The molecule has 1 aromatic carbocycles. The molecule has 2 rings (SSSR count). The van der Waals surface area contributed by atoms with Gasteiger partial charge in [0.05, 0.1) is 17.9 Å². The van der Waals surface area contributed by atoms with Crippen LogP contribution in [0.15, 0.2) is 30.3 Å². The second kappa shape index (κ2) is 13.3. The number of rotatable bonds is 13. The van der Waals surface area contributed by atoms with E-state index in [9.17, 15) is 9.59 Å². The zero-order valence-electron chi connectivity index (χ0n) is 22.1. The van der Waals surface area contributed by atoms with Gasteiger partial charge >= 0.3 is 0 Å². The summed E-state index contributed by atoms with van der Waals surface area (Å²) in [6.45, 7) is 13.3. The van der Waals surface area contributed by atoms with Crippen LogP contribution >= 0.6 is 0 Å². The second-order valence-electron chi connectivity index (χ2n) is 10.3. The normalized spacial score (nSPS) is 11.5. The van der Waals surface area contributed by atoms with Crippen molar-refractivity contribution in [2.75, 3.05) is 18.4 Å². The Morgan fingerprint density at radius 3 is 2.24 bits per heavy atom. The molecule has 0 aliphatic heterocycles. The summed E-state index contributed by atoms with van der Waals surface area (Å²) in [5, 5.41) is 7.81. The number of carbonyl (C=O) groups excluding carboxylic acids is 2. The molecular weight excluding hydrogens is 424 g/mol. The minimum atomic E-state index is -0.191. The molecule has 0 unspecified atom stereocenters. The number of aromatic nitrogens is 2. The Hall–Kier alpha value is -2.63. The van der Waals surface area contributed by atoms with E-state index in [1.807, 2.05) is 37.3 Å². The number of aryl methyl sites for hydroxylation is 1. The summed E-state index contributed by atoms with van der Waals surface area (Å²) in [5.41, 5.74) is 2.80. The molecular formula is C28H44N4O2. The van der Waals surface area contributed by atoms with Crippen molar-refractivity contribution in [3.05, 3.63) is 41.6 Å². The summed E-state index contributed by atoms with van der Waals surface area (Å²) >= 11 is 0. The molecule has 0 bridgehead atoms. The predicted molar refractivity (Wildman–Crippen MR) is 140 cm³/mol. The Bertz CT molecular complexity index is 909. The summed E-state index contributed by atoms with van der Waals surface area (Å²) in [5.74, 6) is 0.507. The van der Waals surface area contributed by atoms with Gasteiger partial charge in [0.25, 0.3) is 0 Å². The topological polar surface area (TPSA) is 67.2 Å². The van der Waals surface area contributed by atoms with Crippen molar-refractivity contribution in [1.29, 1.82) is 0 Å². The number of benzene rings is 1. The molecule has 188 valence electrons. The highest BCUT2D eigenvalue weighted by Gasteiger charge is 2.23. The van der Waals surface area contributed by atoms with Gasteiger partial charge in [0.1, 0.15) is 5.82 Å². The van der Waals surface area contributed by atoms with Crippen LogP contribution in [0.1, 0.15) is 97.2 Å². The maximum atomic E-state index is 13.1. The average Bonchev–Trinajstić information content (AvgIpc) is 3.21. The standard InChI is InChI=1S/C28H44N4O2/c1-7-9-11-12-13-14-27(34)31(19-10-8-2)21-26(33)29-25-20-24(28(4,5)6)30-32(25)23-17-15-22(3)16-18-23/h15-18,20H,7-14,19,21H2,1-6H3,(H,29,33). The minimum absolute atomic E-state index is 0.0672. The van der Waals surface area contributed by atoms with E-state index in [4.69, 9.17) is 5.10 Å². The van der Waals surface area contributed by atoms with Crippen molar-refractivity contribution < 1.29 is 9.59 Å². The van der Waals surface area contributed by atoms with E-state index in [0.29, 0.717) is 18.8 Å². The smallest absolute Gasteiger partial charge is 0.245 e. The lowest BCUT2D eigenvalue weighted by atomic mass is 9.92. The lowest BCUT2D eigenvalue weighted by Crippen LogP contribution is -2.38. The number of carbonyl (C=O) groups is 2. The Balaban J connectivity index is 2.14.